The average Bonchev–Trinajstić information content (AvgIpc) is 2.49. The van der Waals surface area contributed by atoms with Crippen LogP contribution in [0.15, 0.2) is 59.5 Å². The van der Waals surface area contributed by atoms with E-state index in [1.165, 1.54) is 30.0 Å². The molecule has 0 atom stereocenters. The molecule has 102 valence electrons. The third kappa shape index (κ3) is 3.45. The van der Waals surface area contributed by atoms with Crippen LogP contribution in [0.5, 0.6) is 0 Å². The second-order valence-corrected chi connectivity index (χ2v) is 4.21. The van der Waals surface area contributed by atoms with Crippen molar-refractivity contribution in [3.8, 4) is 0 Å². The summed E-state index contributed by atoms with van der Waals surface area (Å²) in [6.07, 6.45) is 5.30. The summed E-state index contributed by atoms with van der Waals surface area (Å²) in [5, 5.41) is 0. The molecule has 2 rings (SSSR count). The Morgan fingerprint density at radius 1 is 1.20 bits per heavy atom. The molecule has 0 fully saturated rings. The molecule has 0 aliphatic rings. The SMILES string of the molecule is COC(=O)c1ccc(=O)n(C/C=C/c2ccccc2)c1. The molecule has 0 radical (unpaired) electrons. The van der Waals surface area contributed by atoms with Gasteiger partial charge in [0.15, 0.2) is 0 Å². The molecule has 1 aromatic carbocycles. The van der Waals surface area contributed by atoms with Crippen LogP contribution in [-0.2, 0) is 11.3 Å². The van der Waals surface area contributed by atoms with Crippen molar-refractivity contribution in [1.82, 2.24) is 4.57 Å². The topological polar surface area (TPSA) is 48.3 Å². The molecule has 1 heterocycles. The van der Waals surface area contributed by atoms with Gasteiger partial charge in [-0.15, -0.1) is 0 Å². The maximum atomic E-state index is 11.7. The van der Waals surface area contributed by atoms with Crippen LogP contribution in [0, 0.1) is 0 Å². The molecule has 0 saturated carbocycles. The monoisotopic (exact) mass is 269 g/mol. The van der Waals surface area contributed by atoms with E-state index in [4.69, 9.17) is 0 Å². The summed E-state index contributed by atoms with van der Waals surface area (Å²) < 4.78 is 6.10. The largest absolute Gasteiger partial charge is 0.465 e. The van der Waals surface area contributed by atoms with Gasteiger partial charge in [0.1, 0.15) is 0 Å². The number of methoxy groups -OCH3 is 1. The summed E-state index contributed by atoms with van der Waals surface area (Å²) >= 11 is 0. The highest BCUT2D eigenvalue weighted by Crippen LogP contribution is 2.02. The van der Waals surface area contributed by atoms with E-state index in [2.05, 4.69) is 4.74 Å². The van der Waals surface area contributed by atoms with Crippen LogP contribution in [0.4, 0.5) is 0 Å². The normalized spacial score (nSPS) is 10.7. The average molecular weight is 269 g/mol. The van der Waals surface area contributed by atoms with E-state index < -0.39 is 5.97 Å². The lowest BCUT2D eigenvalue weighted by Crippen LogP contribution is -2.19. The molecule has 0 amide bonds. The van der Waals surface area contributed by atoms with Crippen LogP contribution in [0.3, 0.4) is 0 Å². The first-order chi connectivity index (χ1) is 9.70. The van der Waals surface area contributed by atoms with Crippen molar-refractivity contribution in [3.05, 3.63) is 76.2 Å². The van der Waals surface area contributed by atoms with Gasteiger partial charge in [-0.2, -0.15) is 0 Å². The molecule has 0 bridgehead atoms. The number of carbonyl (C=O) groups excluding carboxylic acids is 1. The Morgan fingerprint density at radius 3 is 2.65 bits per heavy atom. The van der Waals surface area contributed by atoms with E-state index in [1.807, 2.05) is 42.5 Å². The fourth-order valence-corrected chi connectivity index (χ4v) is 1.78. The van der Waals surface area contributed by atoms with E-state index in [0.29, 0.717) is 12.1 Å². The van der Waals surface area contributed by atoms with E-state index in [0.717, 1.165) is 5.56 Å². The van der Waals surface area contributed by atoms with Gasteiger partial charge >= 0.3 is 5.97 Å². The molecule has 0 spiro atoms. The number of benzene rings is 1. The molecule has 0 aliphatic heterocycles. The minimum atomic E-state index is -0.453. The molecule has 4 heteroatoms. The summed E-state index contributed by atoms with van der Waals surface area (Å²) in [4.78, 5) is 23.1. The predicted octanol–water partition coefficient (Wildman–Crippen LogP) is 2.35. The Kier molecular flexibility index (Phi) is 4.50. The zero-order chi connectivity index (χ0) is 14.4. The Bertz CT molecular complexity index is 672. The van der Waals surface area contributed by atoms with Crippen LogP contribution < -0.4 is 5.56 Å². The van der Waals surface area contributed by atoms with Crippen LogP contribution in [0.2, 0.25) is 0 Å². The standard InChI is InChI=1S/C16H15NO3/c1-20-16(19)14-9-10-15(18)17(12-14)11-5-8-13-6-3-2-4-7-13/h2-10,12H,11H2,1H3/b8-5+. The van der Waals surface area contributed by atoms with Gasteiger partial charge < -0.3 is 9.30 Å². The van der Waals surface area contributed by atoms with Crippen molar-refractivity contribution in [2.75, 3.05) is 7.11 Å². The van der Waals surface area contributed by atoms with Crippen LogP contribution in [0.25, 0.3) is 6.08 Å². The minimum absolute atomic E-state index is 0.157. The number of aromatic nitrogens is 1. The summed E-state index contributed by atoms with van der Waals surface area (Å²) in [6.45, 7) is 0.401. The molecular weight excluding hydrogens is 254 g/mol. The van der Waals surface area contributed by atoms with Crippen molar-refractivity contribution in [2.45, 2.75) is 6.54 Å². The Hall–Kier alpha value is -2.62. The highest BCUT2D eigenvalue weighted by molar-refractivity contribution is 5.88. The lowest BCUT2D eigenvalue weighted by atomic mass is 10.2. The van der Waals surface area contributed by atoms with Crippen molar-refractivity contribution in [3.63, 3.8) is 0 Å². The number of carbonyl (C=O) groups is 1. The number of pyridine rings is 1. The number of esters is 1. The van der Waals surface area contributed by atoms with Crippen molar-refractivity contribution in [2.24, 2.45) is 0 Å². The number of hydrogen-bond acceptors (Lipinski definition) is 3. The van der Waals surface area contributed by atoms with E-state index in [1.54, 1.807) is 0 Å². The first kappa shape index (κ1) is 13.8. The third-order valence-electron chi connectivity index (χ3n) is 2.82. The zero-order valence-electron chi connectivity index (χ0n) is 11.2. The maximum absolute atomic E-state index is 11.7. The summed E-state index contributed by atoms with van der Waals surface area (Å²) in [7, 11) is 1.31. The first-order valence-corrected chi connectivity index (χ1v) is 6.21. The number of hydrogen-bond donors (Lipinski definition) is 0. The highest BCUT2D eigenvalue weighted by Gasteiger charge is 2.06. The van der Waals surface area contributed by atoms with Crippen LogP contribution in [0.1, 0.15) is 15.9 Å². The molecule has 1 aromatic heterocycles. The van der Waals surface area contributed by atoms with Gasteiger partial charge in [-0.25, -0.2) is 4.79 Å². The molecule has 2 aromatic rings. The van der Waals surface area contributed by atoms with Crippen molar-refractivity contribution in [1.29, 1.82) is 0 Å². The predicted molar refractivity (Wildman–Crippen MR) is 77.5 cm³/mol. The maximum Gasteiger partial charge on any atom is 0.339 e. The van der Waals surface area contributed by atoms with Gasteiger partial charge in [0, 0.05) is 18.8 Å². The summed E-state index contributed by atoms with van der Waals surface area (Å²) in [5.41, 5.74) is 1.26. The summed E-state index contributed by atoms with van der Waals surface area (Å²) in [6, 6.07) is 12.6. The quantitative estimate of drug-likeness (QED) is 0.800. The number of ether oxygens (including phenoxy) is 1. The van der Waals surface area contributed by atoms with Gasteiger partial charge in [-0.3, -0.25) is 4.79 Å². The van der Waals surface area contributed by atoms with Gasteiger partial charge in [0.25, 0.3) is 5.56 Å². The van der Waals surface area contributed by atoms with E-state index >= 15 is 0 Å². The second kappa shape index (κ2) is 6.52. The van der Waals surface area contributed by atoms with Gasteiger partial charge in [-0.05, 0) is 11.6 Å². The van der Waals surface area contributed by atoms with Crippen molar-refractivity contribution < 1.29 is 9.53 Å². The Balaban J connectivity index is 2.15. The van der Waals surface area contributed by atoms with Gasteiger partial charge in [-0.1, -0.05) is 42.5 Å². The first-order valence-electron chi connectivity index (χ1n) is 6.21. The molecule has 0 saturated heterocycles. The number of allylic oxidation sites excluding steroid dienone is 1. The highest BCUT2D eigenvalue weighted by atomic mass is 16.5. The zero-order valence-corrected chi connectivity index (χ0v) is 11.2. The molecule has 4 nitrogen and oxygen atoms in total. The summed E-state index contributed by atoms with van der Waals surface area (Å²) in [5.74, 6) is -0.453. The number of nitrogens with zero attached hydrogens (tertiary/aromatic N) is 1. The smallest absolute Gasteiger partial charge is 0.339 e. The fourth-order valence-electron chi connectivity index (χ4n) is 1.78. The van der Waals surface area contributed by atoms with Crippen LogP contribution >= 0.6 is 0 Å². The van der Waals surface area contributed by atoms with E-state index in [-0.39, 0.29) is 5.56 Å². The Labute approximate surface area is 116 Å². The van der Waals surface area contributed by atoms with E-state index in [9.17, 15) is 9.59 Å². The molecular formula is C16H15NO3. The molecule has 0 unspecified atom stereocenters. The lowest BCUT2D eigenvalue weighted by Gasteiger charge is -2.04. The molecule has 0 N–H and O–H groups in total. The third-order valence-corrected chi connectivity index (χ3v) is 2.82. The van der Waals surface area contributed by atoms with Crippen molar-refractivity contribution >= 4 is 12.0 Å². The Morgan fingerprint density at radius 2 is 1.95 bits per heavy atom. The second-order valence-electron chi connectivity index (χ2n) is 4.21. The fraction of sp³-hybridized carbons (Fsp3) is 0.125. The van der Waals surface area contributed by atoms with Gasteiger partial charge in [0.2, 0.25) is 0 Å². The number of rotatable bonds is 4. The van der Waals surface area contributed by atoms with Gasteiger partial charge in [0.05, 0.1) is 12.7 Å². The lowest BCUT2D eigenvalue weighted by molar-refractivity contribution is 0.0599. The molecule has 0 aliphatic carbocycles. The van der Waals surface area contributed by atoms with Crippen LogP contribution in [-0.4, -0.2) is 17.6 Å². The molecule has 20 heavy (non-hydrogen) atoms. The minimum Gasteiger partial charge on any atom is -0.465 e.